The molecule has 3 rings (SSSR count). The van der Waals surface area contributed by atoms with Gasteiger partial charge in [0.2, 0.25) is 5.91 Å². The molecule has 2 aromatic carbocycles. The summed E-state index contributed by atoms with van der Waals surface area (Å²) in [6.45, 7) is 2.85. The molecule has 2 amide bonds. The second-order valence-electron chi connectivity index (χ2n) is 7.95. The molecule has 2 aromatic rings. The number of aliphatic carboxylic acids is 1. The molecule has 0 bridgehead atoms. The molecule has 33 heavy (non-hydrogen) atoms. The predicted octanol–water partition coefficient (Wildman–Crippen LogP) is 1.88. The number of fused-ring (bicyclic) bond motifs is 3. The molecule has 0 saturated carbocycles. The molecule has 0 aliphatic heterocycles. The maximum Gasteiger partial charge on any atom is 0.407 e. The lowest BCUT2D eigenvalue weighted by atomic mass is 9.98. The van der Waals surface area contributed by atoms with Gasteiger partial charge in [-0.2, -0.15) is 0 Å². The molecule has 9 nitrogen and oxygen atoms in total. The summed E-state index contributed by atoms with van der Waals surface area (Å²) in [5, 5.41) is 23.5. The number of alkyl carbamates (subject to hydrolysis) is 1. The Bertz CT molecular complexity index is 978. The first-order chi connectivity index (χ1) is 15.7. The highest BCUT2D eigenvalue weighted by atomic mass is 16.5. The Hall–Kier alpha value is -3.43. The third-order valence-corrected chi connectivity index (χ3v) is 5.79. The van der Waals surface area contributed by atoms with E-state index in [0.29, 0.717) is 0 Å². The Morgan fingerprint density at radius 1 is 0.939 bits per heavy atom. The molecular formula is C24H28N2O7. The zero-order valence-electron chi connectivity index (χ0n) is 18.6. The average molecular weight is 456 g/mol. The number of nitrogens with one attached hydrogen (secondary N) is 2. The number of hydrogen-bond donors (Lipinski definition) is 4. The zero-order chi connectivity index (χ0) is 24.1. The molecule has 0 saturated heterocycles. The Labute approximate surface area is 191 Å². The first-order valence-electron chi connectivity index (χ1n) is 10.6. The van der Waals surface area contributed by atoms with E-state index in [9.17, 15) is 24.6 Å². The fourth-order valence-electron chi connectivity index (χ4n) is 3.93. The van der Waals surface area contributed by atoms with E-state index in [-0.39, 0.29) is 12.5 Å². The van der Waals surface area contributed by atoms with Crippen molar-refractivity contribution in [1.82, 2.24) is 10.6 Å². The molecule has 176 valence electrons. The van der Waals surface area contributed by atoms with Crippen LogP contribution in [0.15, 0.2) is 48.5 Å². The van der Waals surface area contributed by atoms with Crippen LogP contribution in [0.25, 0.3) is 11.1 Å². The van der Waals surface area contributed by atoms with Crippen LogP contribution < -0.4 is 10.6 Å². The summed E-state index contributed by atoms with van der Waals surface area (Å²) in [6, 6.07) is 13.0. The van der Waals surface area contributed by atoms with Crippen molar-refractivity contribution in [3.05, 3.63) is 59.7 Å². The van der Waals surface area contributed by atoms with Crippen molar-refractivity contribution < 1.29 is 34.1 Å². The molecule has 0 unspecified atom stereocenters. The molecule has 4 atom stereocenters. The van der Waals surface area contributed by atoms with E-state index in [2.05, 4.69) is 10.6 Å². The fraction of sp³-hybridized carbons (Fsp3) is 0.375. The number of carboxylic acids is 1. The number of carbonyl (C=O) groups is 3. The lowest BCUT2D eigenvalue weighted by molar-refractivity contribution is -0.145. The molecule has 1 aliphatic rings. The quantitative estimate of drug-likeness (QED) is 0.453. The van der Waals surface area contributed by atoms with Crippen molar-refractivity contribution >= 4 is 18.0 Å². The van der Waals surface area contributed by atoms with Crippen LogP contribution in [0.2, 0.25) is 0 Å². The van der Waals surface area contributed by atoms with Crippen molar-refractivity contribution in [2.45, 2.75) is 44.1 Å². The van der Waals surface area contributed by atoms with Crippen LogP contribution in [0.5, 0.6) is 0 Å². The fourth-order valence-corrected chi connectivity index (χ4v) is 3.93. The number of ether oxygens (including phenoxy) is 2. The summed E-state index contributed by atoms with van der Waals surface area (Å²) >= 11 is 0. The maximum absolute atomic E-state index is 12.7. The summed E-state index contributed by atoms with van der Waals surface area (Å²) in [7, 11) is 1.35. The average Bonchev–Trinajstić information content (AvgIpc) is 3.12. The lowest BCUT2D eigenvalue weighted by Crippen LogP contribution is -2.58. The number of amides is 2. The van der Waals surface area contributed by atoms with Crippen molar-refractivity contribution in [2.75, 3.05) is 13.7 Å². The first kappa shape index (κ1) is 24.2. The maximum atomic E-state index is 12.7. The second-order valence-corrected chi connectivity index (χ2v) is 7.95. The van der Waals surface area contributed by atoms with Gasteiger partial charge in [0.1, 0.15) is 12.6 Å². The van der Waals surface area contributed by atoms with Gasteiger partial charge in [0.25, 0.3) is 0 Å². The van der Waals surface area contributed by atoms with Crippen LogP contribution in [0, 0.1) is 0 Å². The summed E-state index contributed by atoms with van der Waals surface area (Å²) in [4.78, 5) is 36.5. The van der Waals surface area contributed by atoms with E-state index in [1.807, 2.05) is 48.5 Å². The van der Waals surface area contributed by atoms with Gasteiger partial charge in [-0.25, -0.2) is 9.59 Å². The van der Waals surface area contributed by atoms with Gasteiger partial charge >= 0.3 is 12.1 Å². The normalized spacial score (nSPS) is 16.0. The van der Waals surface area contributed by atoms with Gasteiger partial charge in [0.15, 0.2) is 6.04 Å². The number of aliphatic hydroxyl groups excluding tert-OH is 1. The van der Waals surface area contributed by atoms with E-state index in [1.165, 1.54) is 14.0 Å². The topological polar surface area (TPSA) is 134 Å². The van der Waals surface area contributed by atoms with Crippen LogP contribution in [-0.4, -0.2) is 66.2 Å². The molecule has 9 heteroatoms. The van der Waals surface area contributed by atoms with E-state index < -0.39 is 42.3 Å². The highest BCUT2D eigenvalue weighted by Gasteiger charge is 2.34. The molecule has 0 spiro atoms. The molecule has 0 fully saturated rings. The number of carboxylic acid groups (broad SMARTS) is 1. The highest BCUT2D eigenvalue weighted by molar-refractivity contribution is 5.90. The second kappa shape index (κ2) is 10.5. The third kappa shape index (κ3) is 5.32. The molecule has 4 N–H and O–H groups in total. The minimum absolute atomic E-state index is 0.0565. The monoisotopic (exact) mass is 456 g/mol. The van der Waals surface area contributed by atoms with Crippen LogP contribution >= 0.6 is 0 Å². The first-order valence-corrected chi connectivity index (χ1v) is 10.6. The van der Waals surface area contributed by atoms with Gasteiger partial charge in [0.05, 0.1) is 12.2 Å². The Morgan fingerprint density at radius 2 is 1.48 bits per heavy atom. The number of hydrogen-bond acceptors (Lipinski definition) is 6. The van der Waals surface area contributed by atoms with Crippen LogP contribution in [0.1, 0.15) is 30.9 Å². The van der Waals surface area contributed by atoms with E-state index in [1.54, 1.807) is 6.92 Å². The third-order valence-electron chi connectivity index (χ3n) is 5.79. The predicted molar refractivity (Wildman–Crippen MR) is 120 cm³/mol. The van der Waals surface area contributed by atoms with Gasteiger partial charge in [-0.05, 0) is 36.1 Å². The van der Waals surface area contributed by atoms with E-state index in [4.69, 9.17) is 9.47 Å². The summed E-state index contributed by atoms with van der Waals surface area (Å²) in [5.41, 5.74) is 4.27. The molecular weight excluding hydrogens is 428 g/mol. The number of benzene rings is 2. The van der Waals surface area contributed by atoms with Gasteiger partial charge in [0, 0.05) is 13.0 Å². The Morgan fingerprint density at radius 3 is 1.97 bits per heavy atom. The molecule has 1 aliphatic carbocycles. The van der Waals surface area contributed by atoms with E-state index in [0.717, 1.165) is 22.3 Å². The van der Waals surface area contributed by atoms with Crippen LogP contribution in [0.4, 0.5) is 4.79 Å². The highest BCUT2D eigenvalue weighted by Crippen LogP contribution is 2.44. The lowest BCUT2D eigenvalue weighted by Gasteiger charge is -2.26. The molecule has 0 aromatic heterocycles. The van der Waals surface area contributed by atoms with Crippen LogP contribution in [-0.2, 0) is 19.1 Å². The minimum atomic E-state index is -1.53. The summed E-state index contributed by atoms with van der Waals surface area (Å²) in [5.74, 6) is -2.36. The SMILES string of the molecule is CO[C@H](C)[C@H](NC(=O)OCC1c2ccccc2-c2ccccc21)C(=O)N[C@H](C(=O)O)[C@@H](C)O. The largest absolute Gasteiger partial charge is 0.480 e. The van der Waals surface area contributed by atoms with Gasteiger partial charge in [-0.15, -0.1) is 0 Å². The van der Waals surface area contributed by atoms with Crippen molar-refractivity contribution in [1.29, 1.82) is 0 Å². The zero-order valence-corrected chi connectivity index (χ0v) is 18.6. The smallest absolute Gasteiger partial charge is 0.407 e. The van der Waals surface area contributed by atoms with Crippen molar-refractivity contribution in [2.24, 2.45) is 0 Å². The standard InChI is InChI=1S/C24H28N2O7/c1-13(27)20(23(29)30)25-22(28)21(14(2)32-3)26-24(31)33-12-19-17-10-6-4-8-15(17)16-9-5-7-11-18(16)19/h4-11,13-14,19-21,27H,12H2,1-3H3,(H,25,28)(H,26,31)(H,29,30)/t13-,14-,20+,21+/m1/s1. The Balaban J connectivity index is 1.69. The van der Waals surface area contributed by atoms with Crippen molar-refractivity contribution in [3.8, 4) is 11.1 Å². The number of rotatable bonds is 9. The van der Waals surface area contributed by atoms with E-state index >= 15 is 0 Å². The minimum Gasteiger partial charge on any atom is -0.480 e. The number of aliphatic hydroxyl groups is 1. The molecule has 0 heterocycles. The number of methoxy groups -OCH3 is 1. The molecule has 0 radical (unpaired) electrons. The van der Waals surface area contributed by atoms with Gasteiger partial charge in [-0.1, -0.05) is 48.5 Å². The van der Waals surface area contributed by atoms with Crippen molar-refractivity contribution in [3.63, 3.8) is 0 Å². The Kier molecular flexibility index (Phi) is 7.67. The van der Waals surface area contributed by atoms with Gasteiger partial charge in [-0.3, -0.25) is 4.79 Å². The summed E-state index contributed by atoms with van der Waals surface area (Å²) < 4.78 is 10.6. The summed E-state index contributed by atoms with van der Waals surface area (Å²) in [6.07, 6.45) is -2.96. The number of carbonyl (C=O) groups excluding carboxylic acids is 2. The van der Waals surface area contributed by atoms with Gasteiger partial charge < -0.3 is 30.3 Å². The van der Waals surface area contributed by atoms with Crippen LogP contribution in [0.3, 0.4) is 0 Å².